The molecule has 4 atom stereocenters. The van der Waals surface area contributed by atoms with Gasteiger partial charge in [-0.15, -0.1) is 0 Å². The van der Waals surface area contributed by atoms with Crippen molar-refractivity contribution >= 4 is 0 Å². The van der Waals surface area contributed by atoms with Crippen molar-refractivity contribution in [2.75, 3.05) is 6.61 Å². The van der Waals surface area contributed by atoms with Gasteiger partial charge in [0.05, 0.1) is 0 Å². The fourth-order valence-corrected chi connectivity index (χ4v) is 2.00. The van der Waals surface area contributed by atoms with Gasteiger partial charge in [-0.1, -0.05) is 34.1 Å². The first-order valence-electron chi connectivity index (χ1n) is 6.43. The number of rotatable bonds is 8. The minimum absolute atomic E-state index is 0.271. The average molecular weight is 215 g/mol. The molecule has 0 aromatic rings. The Kier molecular flexibility index (Phi) is 8.07. The third kappa shape index (κ3) is 5.53. The summed E-state index contributed by atoms with van der Waals surface area (Å²) in [5.41, 5.74) is 0. The highest BCUT2D eigenvalue weighted by Crippen LogP contribution is 2.15. The summed E-state index contributed by atoms with van der Waals surface area (Å²) >= 11 is 0. The molecule has 15 heavy (non-hydrogen) atoms. The fourth-order valence-electron chi connectivity index (χ4n) is 2.00. The van der Waals surface area contributed by atoms with Crippen LogP contribution >= 0.6 is 0 Å². The lowest BCUT2D eigenvalue weighted by atomic mass is 9.93. The molecule has 0 bridgehead atoms. The summed E-state index contributed by atoms with van der Waals surface area (Å²) in [6.07, 6.45) is 3.71. The minimum Gasteiger partial charge on any atom is -0.396 e. The van der Waals surface area contributed by atoms with Crippen molar-refractivity contribution < 1.29 is 5.11 Å². The molecule has 0 fully saturated rings. The summed E-state index contributed by atoms with van der Waals surface area (Å²) in [4.78, 5) is 0. The van der Waals surface area contributed by atoms with Crippen LogP contribution in [0.15, 0.2) is 0 Å². The van der Waals surface area contributed by atoms with E-state index in [1.165, 1.54) is 19.3 Å². The second kappa shape index (κ2) is 8.12. The summed E-state index contributed by atoms with van der Waals surface area (Å²) in [6, 6.07) is 0.994. The first-order valence-corrected chi connectivity index (χ1v) is 6.43. The second-order valence-corrected chi connectivity index (χ2v) is 4.90. The van der Waals surface area contributed by atoms with E-state index < -0.39 is 0 Å². The quantitative estimate of drug-likeness (QED) is 0.652. The van der Waals surface area contributed by atoms with E-state index in [2.05, 4.69) is 39.9 Å². The van der Waals surface area contributed by atoms with E-state index in [4.69, 9.17) is 5.11 Å². The molecule has 0 aromatic carbocycles. The second-order valence-electron chi connectivity index (χ2n) is 4.90. The smallest absolute Gasteiger partial charge is 0.0471 e. The maximum absolute atomic E-state index is 9.09. The number of hydrogen-bond donors (Lipinski definition) is 2. The van der Waals surface area contributed by atoms with Crippen molar-refractivity contribution in [2.24, 2.45) is 11.8 Å². The topological polar surface area (TPSA) is 32.3 Å². The molecule has 0 saturated heterocycles. The van der Waals surface area contributed by atoms with Crippen LogP contribution in [0.1, 0.15) is 53.9 Å². The highest BCUT2D eigenvalue weighted by molar-refractivity contribution is 4.77. The Hall–Kier alpha value is -0.0800. The Balaban J connectivity index is 4.07. The molecular formula is C13H29NO. The van der Waals surface area contributed by atoms with E-state index in [0.29, 0.717) is 18.0 Å². The molecule has 0 aliphatic rings. The Morgan fingerprint density at radius 3 is 2.07 bits per heavy atom. The van der Waals surface area contributed by atoms with Gasteiger partial charge >= 0.3 is 0 Å². The predicted molar refractivity (Wildman–Crippen MR) is 67.0 cm³/mol. The van der Waals surface area contributed by atoms with Crippen molar-refractivity contribution in [1.29, 1.82) is 0 Å². The third-order valence-electron chi connectivity index (χ3n) is 3.49. The van der Waals surface area contributed by atoms with E-state index in [1.807, 2.05) is 0 Å². The van der Waals surface area contributed by atoms with Crippen molar-refractivity contribution in [3.05, 3.63) is 0 Å². The van der Waals surface area contributed by atoms with Crippen molar-refractivity contribution in [3.63, 3.8) is 0 Å². The van der Waals surface area contributed by atoms with E-state index in [-0.39, 0.29) is 6.61 Å². The number of nitrogens with one attached hydrogen (secondary N) is 1. The lowest BCUT2D eigenvalue weighted by Gasteiger charge is -2.30. The molecule has 2 nitrogen and oxygen atoms in total. The van der Waals surface area contributed by atoms with Crippen LogP contribution in [0.4, 0.5) is 0 Å². The molecule has 0 aliphatic carbocycles. The SMILES string of the molecule is CCCC(C)C(CC)NC(C)C(C)CO. The van der Waals surface area contributed by atoms with Gasteiger partial charge in [-0.2, -0.15) is 0 Å². The number of aliphatic hydroxyl groups excluding tert-OH is 1. The van der Waals surface area contributed by atoms with Gasteiger partial charge in [-0.3, -0.25) is 0 Å². The van der Waals surface area contributed by atoms with Crippen LogP contribution in [0.3, 0.4) is 0 Å². The molecule has 0 aromatic heterocycles. The fraction of sp³-hybridized carbons (Fsp3) is 1.00. The summed E-state index contributed by atoms with van der Waals surface area (Å²) in [6.45, 7) is 11.3. The molecule has 92 valence electrons. The van der Waals surface area contributed by atoms with E-state index in [0.717, 1.165) is 5.92 Å². The summed E-state index contributed by atoms with van der Waals surface area (Å²) < 4.78 is 0. The van der Waals surface area contributed by atoms with Gasteiger partial charge in [0, 0.05) is 18.7 Å². The highest BCUT2D eigenvalue weighted by atomic mass is 16.3. The molecule has 0 heterocycles. The zero-order chi connectivity index (χ0) is 11.8. The van der Waals surface area contributed by atoms with E-state index in [9.17, 15) is 0 Å². The van der Waals surface area contributed by atoms with Gasteiger partial charge < -0.3 is 10.4 Å². The Bertz CT molecular complexity index is 149. The van der Waals surface area contributed by atoms with Crippen LogP contribution in [0.5, 0.6) is 0 Å². The molecule has 0 aliphatic heterocycles. The van der Waals surface area contributed by atoms with Gasteiger partial charge in [0.15, 0.2) is 0 Å². The number of aliphatic hydroxyl groups is 1. The van der Waals surface area contributed by atoms with Gasteiger partial charge in [-0.25, -0.2) is 0 Å². The Morgan fingerprint density at radius 1 is 1.07 bits per heavy atom. The molecular weight excluding hydrogens is 186 g/mol. The molecule has 0 radical (unpaired) electrons. The van der Waals surface area contributed by atoms with Gasteiger partial charge in [0.1, 0.15) is 0 Å². The van der Waals surface area contributed by atoms with E-state index >= 15 is 0 Å². The third-order valence-corrected chi connectivity index (χ3v) is 3.49. The molecule has 0 rings (SSSR count). The molecule has 0 saturated carbocycles. The molecule has 4 unspecified atom stereocenters. The van der Waals surface area contributed by atoms with Crippen LogP contribution in [0, 0.1) is 11.8 Å². The van der Waals surface area contributed by atoms with Gasteiger partial charge in [0.25, 0.3) is 0 Å². The average Bonchev–Trinajstić information content (AvgIpc) is 2.24. The van der Waals surface area contributed by atoms with Gasteiger partial charge in [-0.05, 0) is 31.6 Å². The first kappa shape index (κ1) is 14.9. The lowest BCUT2D eigenvalue weighted by Crippen LogP contribution is -2.44. The molecule has 2 N–H and O–H groups in total. The maximum Gasteiger partial charge on any atom is 0.0471 e. The standard InChI is InChI=1S/C13H29NO/c1-6-8-10(3)13(7-2)14-12(5)11(4)9-15/h10-15H,6-9H2,1-5H3. The van der Waals surface area contributed by atoms with Gasteiger partial charge in [0.2, 0.25) is 0 Å². The minimum atomic E-state index is 0.271. The monoisotopic (exact) mass is 215 g/mol. The van der Waals surface area contributed by atoms with Crippen LogP contribution in [0.25, 0.3) is 0 Å². The first-order chi connectivity index (χ1) is 7.06. The van der Waals surface area contributed by atoms with Crippen LogP contribution in [-0.4, -0.2) is 23.8 Å². The predicted octanol–water partition coefficient (Wildman–Crippen LogP) is 2.81. The van der Waals surface area contributed by atoms with Crippen molar-refractivity contribution in [1.82, 2.24) is 5.32 Å². The normalized spacial score (nSPS) is 19.6. The zero-order valence-electron chi connectivity index (χ0n) is 11.1. The summed E-state index contributed by atoms with van der Waals surface area (Å²) in [5.74, 6) is 1.07. The van der Waals surface area contributed by atoms with Crippen molar-refractivity contribution in [3.8, 4) is 0 Å². The Labute approximate surface area is 95.5 Å². The Morgan fingerprint density at radius 2 is 1.67 bits per heavy atom. The molecule has 0 amide bonds. The summed E-state index contributed by atoms with van der Waals surface area (Å²) in [7, 11) is 0. The number of hydrogen-bond acceptors (Lipinski definition) is 2. The molecule has 0 spiro atoms. The van der Waals surface area contributed by atoms with Crippen LogP contribution < -0.4 is 5.32 Å². The zero-order valence-corrected chi connectivity index (χ0v) is 11.1. The largest absolute Gasteiger partial charge is 0.396 e. The van der Waals surface area contributed by atoms with Crippen LogP contribution in [0.2, 0.25) is 0 Å². The summed E-state index contributed by atoms with van der Waals surface area (Å²) in [5, 5.41) is 12.7. The maximum atomic E-state index is 9.09. The van der Waals surface area contributed by atoms with Crippen LogP contribution in [-0.2, 0) is 0 Å². The van der Waals surface area contributed by atoms with E-state index in [1.54, 1.807) is 0 Å². The van der Waals surface area contributed by atoms with Crippen molar-refractivity contribution in [2.45, 2.75) is 66.0 Å². The lowest BCUT2D eigenvalue weighted by molar-refractivity contribution is 0.190. The molecule has 2 heteroatoms. The highest BCUT2D eigenvalue weighted by Gasteiger charge is 2.19.